The largest absolute Gasteiger partial charge is 0.455 e. The zero-order valence-electron chi connectivity index (χ0n) is 10.9. The summed E-state index contributed by atoms with van der Waals surface area (Å²) < 4.78 is 11.8. The van der Waals surface area contributed by atoms with E-state index in [-0.39, 0.29) is 6.29 Å². The molecule has 2 rings (SSSR count). The number of hydrogen-bond acceptors (Lipinski definition) is 2. The van der Waals surface area contributed by atoms with Gasteiger partial charge in [-0.15, -0.1) is 9.24 Å². The van der Waals surface area contributed by atoms with E-state index in [4.69, 9.17) is 9.47 Å². The second-order valence-electron chi connectivity index (χ2n) is 4.22. The summed E-state index contributed by atoms with van der Waals surface area (Å²) in [6.07, 6.45) is 2.72. The lowest BCUT2D eigenvalue weighted by molar-refractivity contribution is -0.000825. The van der Waals surface area contributed by atoms with E-state index in [1.54, 1.807) is 0 Å². The van der Waals surface area contributed by atoms with E-state index in [2.05, 4.69) is 9.24 Å². The SMILES string of the molecule is PCCCC(Oc1ccccc1)Oc1ccccc1. The van der Waals surface area contributed by atoms with E-state index in [0.717, 1.165) is 30.5 Å². The molecule has 0 aliphatic rings. The minimum Gasteiger partial charge on any atom is -0.455 e. The molecule has 0 bridgehead atoms. The Morgan fingerprint density at radius 3 is 1.68 bits per heavy atom. The Bertz CT molecular complexity index is 417. The molecule has 0 amide bonds. The van der Waals surface area contributed by atoms with Gasteiger partial charge in [0.1, 0.15) is 11.5 Å². The first kappa shape index (κ1) is 13.9. The van der Waals surface area contributed by atoms with Crippen LogP contribution in [0, 0.1) is 0 Å². The van der Waals surface area contributed by atoms with Crippen molar-refractivity contribution in [1.29, 1.82) is 0 Å². The van der Waals surface area contributed by atoms with Gasteiger partial charge in [-0.25, -0.2) is 0 Å². The molecule has 3 heteroatoms. The van der Waals surface area contributed by atoms with Gasteiger partial charge in [0.25, 0.3) is 0 Å². The molecule has 0 saturated carbocycles. The average molecular weight is 274 g/mol. The molecule has 0 aromatic heterocycles. The van der Waals surface area contributed by atoms with Crippen LogP contribution in [0.15, 0.2) is 60.7 Å². The molecule has 0 saturated heterocycles. The summed E-state index contributed by atoms with van der Waals surface area (Å²) in [6, 6.07) is 19.6. The van der Waals surface area contributed by atoms with Gasteiger partial charge in [-0.05, 0) is 36.8 Å². The molecule has 0 aliphatic carbocycles. The first-order valence-electron chi connectivity index (χ1n) is 6.52. The third-order valence-corrected chi connectivity index (χ3v) is 3.07. The van der Waals surface area contributed by atoms with E-state index in [1.807, 2.05) is 60.7 Å². The van der Waals surface area contributed by atoms with Crippen LogP contribution in [0.2, 0.25) is 0 Å². The average Bonchev–Trinajstić information content (AvgIpc) is 2.47. The van der Waals surface area contributed by atoms with E-state index in [9.17, 15) is 0 Å². The van der Waals surface area contributed by atoms with Crippen LogP contribution in [-0.4, -0.2) is 12.5 Å². The normalized spacial score (nSPS) is 10.4. The minimum absolute atomic E-state index is 0.245. The predicted molar refractivity (Wildman–Crippen MR) is 81.7 cm³/mol. The molecule has 0 fully saturated rings. The van der Waals surface area contributed by atoms with Gasteiger partial charge in [-0.1, -0.05) is 36.4 Å². The molecule has 2 nitrogen and oxygen atoms in total. The van der Waals surface area contributed by atoms with Gasteiger partial charge in [-0.3, -0.25) is 0 Å². The number of rotatable bonds is 7. The van der Waals surface area contributed by atoms with Crippen molar-refractivity contribution in [3.63, 3.8) is 0 Å². The Hall–Kier alpha value is -1.53. The molecule has 2 aromatic rings. The smallest absolute Gasteiger partial charge is 0.241 e. The maximum Gasteiger partial charge on any atom is 0.241 e. The fourth-order valence-electron chi connectivity index (χ4n) is 1.73. The van der Waals surface area contributed by atoms with E-state index < -0.39 is 0 Å². The van der Waals surface area contributed by atoms with Crippen LogP contribution >= 0.6 is 9.24 Å². The standard InChI is InChI=1S/C16H19O2P/c19-13-7-12-16(17-14-8-3-1-4-9-14)18-15-10-5-2-6-11-15/h1-6,8-11,16H,7,12-13,19H2. The topological polar surface area (TPSA) is 18.5 Å². The van der Waals surface area contributed by atoms with Gasteiger partial charge in [0.05, 0.1) is 0 Å². The molecule has 0 radical (unpaired) electrons. The first-order chi connectivity index (χ1) is 9.38. The predicted octanol–water partition coefficient (Wildman–Crippen LogP) is 4.13. The van der Waals surface area contributed by atoms with Crippen LogP contribution in [0.1, 0.15) is 12.8 Å². The minimum atomic E-state index is -0.245. The fraction of sp³-hybridized carbons (Fsp3) is 0.250. The highest BCUT2D eigenvalue weighted by Gasteiger charge is 2.11. The summed E-state index contributed by atoms with van der Waals surface area (Å²) in [5, 5.41) is 0. The highest BCUT2D eigenvalue weighted by atomic mass is 31.0. The van der Waals surface area contributed by atoms with Gasteiger partial charge in [-0.2, -0.15) is 0 Å². The Morgan fingerprint density at radius 1 is 0.789 bits per heavy atom. The number of para-hydroxylation sites is 2. The molecule has 0 aliphatic heterocycles. The van der Waals surface area contributed by atoms with Crippen molar-refractivity contribution in [3.05, 3.63) is 60.7 Å². The lowest BCUT2D eigenvalue weighted by atomic mass is 10.3. The quantitative estimate of drug-likeness (QED) is 0.558. The molecule has 0 spiro atoms. The second-order valence-corrected chi connectivity index (χ2v) is 4.80. The molecule has 1 atom stereocenters. The van der Waals surface area contributed by atoms with E-state index in [1.165, 1.54) is 0 Å². The van der Waals surface area contributed by atoms with E-state index in [0.29, 0.717) is 0 Å². The highest BCUT2D eigenvalue weighted by molar-refractivity contribution is 7.16. The monoisotopic (exact) mass is 274 g/mol. The van der Waals surface area contributed by atoms with Gasteiger partial charge < -0.3 is 9.47 Å². The summed E-state index contributed by atoms with van der Waals surface area (Å²) in [5.74, 6) is 1.68. The zero-order valence-corrected chi connectivity index (χ0v) is 12.0. The van der Waals surface area contributed by atoms with Crippen molar-refractivity contribution < 1.29 is 9.47 Å². The Morgan fingerprint density at radius 2 is 1.26 bits per heavy atom. The molecule has 1 unspecified atom stereocenters. The summed E-state index contributed by atoms with van der Waals surface area (Å²) in [7, 11) is 2.73. The van der Waals surface area contributed by atoms with Crippen LogP contribution in [0.5, 0.6) is 11.5 Å². The van der Waals surface area contributed by atoms with Crippen molar-refractivity contribution >= 4 is 9.24 Å². The maximum atomic E-state index is 5.89. The molecular weight excluding hydrogens is 255 g/mol. The second kappa shape index (κ2) is 7.81. The van der Waals surface area contributed by atoms with Crippen LogP contribution in [0.25, 0.3) is 0 Å². The third kappa shape index (κ3) is 4.92. The van der Waals surface area contributed by atoms with Crippen LogP contribution in [0.3, 0.4) is 0 Å². The first-order valence-corrected chi connectivity index (χ1v) is 7.33. The molecule has 0 N–H and O–H groups in total. The van der Waals surface area contributed by atoms with Crippen molar-refractivity contribution in [3.8, 4) is 11.5 Å². The Labute approximate surface area is 117 Å². The third-order valence-electron chi connectivity index (χ3n) is 2.67. The lowest BCUT2D eigenvalue weighted by Crippen LogP contribution is -2.24. The lowest BCUT2D eigenvalue weighted by Gasteiger charge is -2.20. The summed E-state index contributed by atoms with van der Waals surface area (Å²) in [5.41, 5.74) is 0. The summed E-state index contributed by atoms with van der Waals surface area (Å²) >= 11 is 0. The van der Waals surface area contributed by atoms with Gasteiger partial charge >= 0.3 is 0 Å². The Balaban J connectivity index is 1.99. The van der Waals surface area contributed by atoms with Crippen molar-refractivity contribution in [1.82, 2.24) is 0 Å². The molecule has 0 heterocycles. The number of ether oxygens (including phenoxy) is 2. The summed E-state index contributed by atoms with van der Waals surface area (Å²) in [6.45, 7) is 0. The van der Waals surface area contributed by atoms with Gasteiger partial charge in [0, 0.05) is 6.42 Å². The van der Waals surface area contributed by atoms with E-state index >= 15 is 0 Å². The highest BCUT2D eigenvalue weighted by Crippen LogP contribution is 2.18. The molecule has 2 aromatic carbocycles. The van der Waals surface area contributed by atoms with Crippen molar-refractivity contribution in [2.75, 3.05) is 6.16 Å². The van der Waals surface area contributed by atoms with Crippen LogP contribution < -0.4 is 9.47 Å². The van der Waals surface area contributed by atoms with Crippen LogP contribution in [0.4, 0.5) is 0 Å². The van der Waals surface area contributed by atoms with Crippen molar-refractivity contribution in [2.45, 2.75) is 19.1 Å². The number of benzene rings is 2. The zero-order chi connectivity index (χ0) is 13.3. The van der Waals surface area contributed by atoms with Gasteiger partial charge in [0.15, 0.2) is 0 Å². The molecule has 19 heavy (non-hydrogen) atoms. The number of hydrogen-bond donors (Lipinski definition) is 0. The fourth-order valence-corrected chi connectivity index (χ4v) is 1.96. The van der Waals surface area contributed by atoms with Crippen LogP contribution in [-0.2, 0) is 0 Å². The Kier molecular flexibility index (Phi) is 5.71. The van der Waals surface area contributed by atoms with Crippen molar-refractivity contribution in [2.24, 2.45) is 0 Å². The molecule has 100 valence electrons. The molecular formula is C16H19O2P. The maximum absolute atomic E-state index is 5.89. The van der Waals surface area contributed by atoms with Gasteiger partial charge in [0.2, 0.25) is 6.29 Å². The summed E-state index contributed by atoms with van der Waals surface area (Å²) in [4.78, 5) is 0.